The fourth-order valence-electron chi connectivity index (χ4n) is 5.83. The van der Waals surface area contributed by atoms with Crippen molar-refractivity contribution in [1.82, 2.24) is 10.3 Å². The molecule has 4 aromatic rings. The van der Waals surface area contributed by atoms with E-state index >= 15 is 0 Å². The molecule has 44 heavy (non-hydrogen) atoms. The number of benzene rings is 3. The van der Waals surface area contributed by atoms with Gasteiger partial charge in [0.2, 0.25) is 0 Å². The maximum absolute atomic E-state index is 13.7. The predicted molar refractivity (Wildman–Crippen MR) is 176 cm³/mol. The number of rotatable bonds is 10. The molecule has 0 bridgehead atoms. The second kappa shape index (κ2) is 13.6. The van der Waals surface area contributed by atoms with Crippen LogP contribution in [0.25, 0.3) is 10.8 Å². The van der Waals surface area contributed by atoms with Crippen LogP contribution in [0, 0.1) is 5.92 Å². The Morgan fingerprint density at radius 1 is 0.955 bits per heavy atom. The minimum Gasteiger partial charge on any atom is -0.481 e. The van der Waals surface area contributed by atoms with E-state index in [9.17, 15) is 14.7 Å². The van der Waals surface area contributed by atoms with Crippen molar-refractivity contribution in [3.63, 3.8) is 0 Å². The maximum Gasteiger partial charge on any atom is 0.303 e. The summed E-state index contributed by atoms with van der Waals surface area (Å²) in [7, 11) is 0. The van der Waals surface area contributed by atoms with E-state index in [0.29, 0.717) is 27.3 Å². The Hall–Kier alpha value is -3.61. The van der Waals surface area contributed by atoms with Crippen molar-refractivity contribution >= 4 is 45.9 Å². The number of hydrogen-bond acceptors (Lipinski definition) is 4. The number of aromatic nitrogens is 1. The topological polar surface area (TPSA) is 88.5 Å². The molecule has 1 aromatic heterocycles. The highest BCUT2D eigenvalue weighted by Gasteiger charge is 2.23. The van der Waals surface area contributed by atoms with E-state index in [0.717, 1.165) is 41.5 Å². The van der Waals surface area contributed by atoms with Gasteiger partial charge in [-0.3, -0.25) is 9.59 Å². The highest BCUT2D eigenvalue weighted by Crippen LogP contribution is 2.34. The lowest BCUT2D eigenvalue weighted by atomic mass is 9.87. The van der Waals surface area contributed by atoms with E-state index < -0.39 is 12.0 Å². The van der Waals surface area contributed by atoms with Gasteiger partial charge in [0.05, 0.1) is 16.1 Å². The van der Waals surface area contributed by atoms with Gasteiger partial charge >= 0.3 is 5.97 Å². The van der Waals surface area contributed by atoms with Crippen molar-refractivity contribution in [1.29, 1.82) is 0 Å². The lowest BCUT2D eigenvalue weighted by Gasteiger charge is -2.20. The van der Waals surface area contributed by atoms with E-state index in [1.165, 1.54) is 18.4 Å². The van der Waals surface area contributed by atoms with Crippen molar-refractivity contribution in [2.45, 2.75) is 77.2 Å². The van der Waals surface area contributed by atoms with Crippen LogP contribution in [0.5, 0.6) is 11.5 Å². The number of amides is 1. The number of carbonyl (C=O) groups excluding carboxylic acids is 1. The van der Waals surface area contributed by atoms with Crippen LogP contribution in [0.3, 0.4) is 0 Å². The van der Waals surface area contributed by atoms with Crippen LogP contribution >= 0.6 is 23.2 Å². The minimum atomic E-state index is -0.949. The van der Waals surface area contributed by atoms with E-state index in [2.05, 4.69) is 38.2 Å². The number of halogens is 2. The van der Waals surface area contributed by atoms with Crippen LogP contribution in [0.2, 0.25) is 10.0 Å². The molecular formula is C36H38Cl2N2O4. The average molecular weight is 634 g/mol. The molecule has 1 fully saturated rings. The van der Waals surface area contributed by atoms with Gasteiger partial charge in [0.25, 0.3) is 5.91 Å². The Kier molecular flexibility index (Phi) is 9.81. The zero-order chi connectivity index (χ0) is 31.4. The number of hydrogen-bond donors (Lipinski definition) is 2. The molecule has 1 unspecified atom stereocenters. The highest BCUT2D eigenvalue weighted by atomic mass is 35.5. The van der Waals surface area contributed by atoms with Gasteiger partial charge in [0.1, 0.15) is 17.2 Å². The van der Waals surface area contributed by atoms with Crippen LogP contribution in [-0.4, -0.2) is 22.0 Å². The number of aliphatic carboxylic acids is 1. The van der Waals surface area contributed by atoms with E-state index in [1.807, 2.05) is 30.3 Å². The van der Waals surface area contributed by atoms with Gasteiger partial charge in [-0.1, -0.05) is 93.9 Å². The second-order valence-electron chi connectivity index (χ2n) is 12.7. The predicted octanol–water partition coefficient (Wildman–Crippen LogP) is 9.70. The molecule has 0 radical (unpaired) electrons. The monoisotopic (exact) mass is 632 g/mol. The highest BCUT2D eigenvalue weighted by molar-refractivity contribution is 6.42. The molecule has 6 nitrogen and oxygen atoms in total. The number of nitrogens with zero attached hydrogens (tertiary/aromatic N) is 1. The molecule has 8 heteroatoms. The first-order valence-corrected chi connectivity index (χ1v) is 15.9. The van der Waals surface area contributed by atoms with Gasteiger partial charge in [0, 0.05) is 17.5 Å². The molecule has 1 amide bonds. The van der Waals surface area contributed by atoms with Crippen molar-refractivity contribution in [2.24, 2.45) is 5.92 Å². The molecule has 1 aliphatic rings. The van der Waals surface area contributed by atoms with Crippen LogP contribution in [-0.2, 0) is 16.6 Å². The summed E-state index contributed by atoms with van der Waals surface area (Å²) in [4.78, 5) is 29.9. The third-order valence-electron chi connectivity index (χ3n) is 8.33. The summed E-state index contributed by atoms with van der Waals surface area (Å²) in [5.74, 6) is 0.655. The number of nitrogens with one attached hydrogen (secondary N) is 1. The van der Waals surface area contributed by atoms with Crippen molar-refractivity contribution < 1.29 is 19.4 Å². The number of ether oxygens (including phenoxy) is 1. The molecule has 1 atom stereocenters. The summed E-state index contributed by atoms with van der Waals surface area (Å²) < 4.78 is 6.25. The molecule has 2 N–H and O–H groups in total. The molecule has 0 aliphatic heterocycles. The first-order chi connectivity index (χ1) is 21.0. The molecule has 0 spiro atoms. The Bertz CT molecular complexity index is 1660. The van der Waals surface area contributed by atoms with E-state index in [4.69, 9.17) is 32.9 Å². The van der Waals surface area contributed by atoms with Gasteiger partial charge in [-0.2, -0.15) is 0 Å². The number of carboxylic acids is 1. The Balaban J connectivity index is 1.45. The lowest BCUT2D eigenvalue weighted by molar-refractivity contribution is -0.137. The lowest BCUT2D eigenvalue weighted by Crippen LogP contribution is -2.30. The Morgan fingerprint density at radius 2 is 1.66 bits per heavy atom. The molecule has 1 aliphatic carbocycles. The van der Waals surface area contributed by atoms with Crippen LogP contribution < -0.4 is 10.1 Å². The van der Waals surface area contributed by atoms with Gasteiger partial charge in [-0.15, -0.1) is 0 Å². The molecule has 1 saturated carbocycles. The van der Waals surface area contributed by atoms with Gasteiger partial charge in [-0.25, -0.2) is 4.98 Å². The van der Waals surface area contributed by atoms with Crippen molar-refractivity contribution in [2.75, 3.05) is 0 Å². The van der Waals surface area contributed by atoms with Crippen LogP contribution in [0.4, 0.5) is 0 Å². The number of pyridine rings is 1. The van der Waals surface area contributed by atoms with Crippen molar-refractivity contribution in [3.05, 3.63) is 99.3 Å². The zero-order valence-corrected chi connectivity index (χ0v) is 26.8. The van der Waals surface area contributed by atoms with Crippen LogP contribution in [0.1, 0.15) is 92.6 Å². The number of fused-ring (bicyclic) bond motifs is 1. The van der Waals surface area contributed by atoms with Gasteiger partial charge < -0.3 is 15.2 Å². The largest absolute Gasteiger partial charge is 0.481 e. The quantitative estimate of drug-likeness (QED) is 0.182. The standard InChI is InChI=1S/C36H38Cl2N2O4/c1-36(2,3)25-10-13-26(14-11-25)44-27-12-8-23-20-33(39-32(28(23)21-27)18-22-6-4-5-7-22)35(43)40-31(16-17-34(41)42)24-9-15-29(37)30(38)19-24/h8-15,19-22,31H,4-7,16-18H2,1-3H3,(H,40,43)(H,41,42). The summed E-state index contributed by atoms with van der Waals surface area (Å²) in [6.07, 6.45) is 5.54. The molecule has 5 rings (SSSR count). The Labute approximate surface area is 268 Å². The van der Waals surface area contributed by atoms with E-state index in [1.54, 1.807) is 24.3 Å². The average Bonchev–Trinajstić information content (AvgIpc) is 3.49. The number of carboxylic acid groups (broad SMARTS) is 1. The Morgan fingerprint density at radius 3 is 2.32 bits per heavy atom. The molecule has 0 saturated heterocycles. The summed E-state index contributed by atoms with van der Waals surface area (Å²) in [6, 6.07) is 20.3. The summed E-state index contributed by atoms with van der Waals surface area (Å²) in [5.41, 5.74) is 3.13. The normalized spacial score (nSPS) is 14.5. The molecule has 3 aromatic carbocycles. The zero-order valence-electron chi connectivity index (χ0n) is 25.3. The second-order valence-corrected chi connectivity index (χ2v) is 13.5. The van der Waals surface area contributed by atoms with Crippen LogP contribution in [0.15, 0.2) is 66.7 Å². The van der Waals surface area contributed by atoms with Gasteiger partial charge in [-0.05, 0) is 83.2 Å². The third-order valence-corrected chi connectivity index (χ3v) is 9.07. The van der Waals surface area contributed by atoms with E-state index in [-0.39, 0.29) is 29.9 Å². The minimum absolute atomic E-state index is 0.0599. The number of carbonyl (C=O) groups is 2. The summed E-state index contributed by atoms with van der Waals surface area (Å²) >= 11 is 12.3. The SMILES string of the molecule is CC(C)(C)c1ccc(Oc2ccc3cc(C(=O)NC(CCC(=O)O)c4ccc(Cl)c(Cl)c4)nc(CC4CCCC4)c3c2)cc1. The third kappa shape index (κ3) is 7.91. The molecule has 1 heterocycles. The first kappa shape index (κ1) is 31.8. The summed E-state index contributed by atoms with van der Waals surface area (Å²) in [6.45, 7) is 6.55. The van der Waals surface area contributed by atoms with Gasteiger partial charge in [0.15, 0.2) is 0 Å². The first-order valence-electron chi connectivity index (χ1n) is 15.2. The smallest absolute Gasteiger partial charge is 0.303 e. The summed E-state index contributed by atoms with van der Waals surface area (Å²) in [5, 5.41) is 14.9. The molecule has 230 valence electrons. The fraction of sp³-hybridized carbons (Fsp3) is 0.361. The molecular weight excluding hydrogens is 595 g/mol. The fourth-order valence-corrected chi connectivity index (χ4v) is 6.14. The maximum atomic E-state index is 13.7. The van der Waals surface area contributed by atoms with Crippen molar-refractivity contribution in [3.8, 4) is 11.5 Å².